The molecular weight excluding hydrogens is 886 g/mol. The predicted octanol–water partition coefficient (Wildman–Crippen LogP) is 12.9. The number of carbonyl (C=O) groups is 2. The Kier molecular flexibility index (Phi) is 38.8. The Labute approximate surface area is 399 Å². The van der Waals surface area contributed by atoms with Crippen LogP contribution in [0.3, 0.4) is 0 Å². The van der Waals surface area contributed by atoms with Crippen LogP contribution in [0.1, 0.15) is 213 Å². The van der Waals surface area contributed by atoms with E-state index >= 15 is 0 Å². The number of rotatable bonds is 47. The minimum Gasteiger partial charge on any atom is -0.462 e. The molecule has 1 rings (SSSR count). The number of phosphoric ester groups is 2. The van der Waals surface area contributed by atoms with E-state index in [-0.39, 0.29) is 25.0 Å². The van der Waals surface area contributed by atoms with Crippen molar-refractivity contribution in [2.45, 2.75) is 238 Å². The number of epoxide rings is 1. The summed E-state index contributed by atoms with van der Waals surface area (Å²) in [6, 6.07) is 0. The zero-order valence-corrected chi connectivity index (χ0v) is 42.9. The molecule has 0 aromatic rings. The monoisotopic (exact) mass is 979 g/mol. The minimum absolute atomic E-state index is 0.0489. The van der Waals surface area contributed by atoms with Gasteiger partial charge in [0, 0.05) is 12.8 Å². The summed E-state index contributed by atoms with van der Waals surface area (Å²) >= 11 is 0. The number of phosphoric acid groups is 2. The fourth-order valence-electron chi connectivity index (χ4n) is 7.33. The second-order valence-corrected chi connectivity index (χ2v) is 21.0. The molecule has 0 aromatic carbocycles. The lowest BCUT2D eigenvalue weighted by molar-refractivity contribution is -0.161. The highest BCUT2D eigenvalue weighted by atomic mass is 31.2. The van der Waals surface area contributed by atoms with Gasteiger partial charge >= 0.3 is 27.6 Å². The Bertz CT molecular complexity index is 1380. The van der Waals surface area contributed by atoms with Crippen LogP contribution in [0.5, 0.6) is 0 Å². The Morgan fingerprint density at radius 3 is 1.59 bits per heavy atom. The summed E-state index contributed by atoms with van der Waals surface area (Å²) in [4.78, 5) is 53.0. The van der Waals surface area contributed by atoms with Crippen molar-refractivity contribution in [3.8, 4) is 0 Å². The molecule has 386 valence electrons. The van der Waals surface area contributed by atoms with Crippen molar-refractivity contribution in [3.05, 3.63) is 36.5 Å². The van der Waals surface area contributed by atoms with Gasteiger partial charge in [0.15, 0.2) is 6.10 Å². The van der Waals surface area contributed by atoms with Crippen molar-refractivity contribution in [2.75, 3.05) is 26.4 Å². The molecule has 1 heterocycles. The van der Waals surface area contributed by atoms with Crippen LogP contribution in [0.4, 0.5) is 0 Å². The Balaban J connectivity index is 2.31. The van der Waals surface area contributed by atoms with E-state index in [1.54, 1.807) is 0 Å². The third-order valence-corrected chi connectivity index (χ3v) is 12.8. The van der Waals surface area contributed by atoms with Crippen LogP contribution in [-0.2, 0) is 46.5 Å². The SMILES string of the molecule is CCCCC/C=C\C/C=C\CC1OC1C/C=C\CCCC(=O)O[C@H](COC(=O)CCCCCCCCCCCCCCCCCCCCC(C)C)COP(=O)(O)OC[C@@H](O)COP(=O)(O)O. The quantitative estimate of drug-likeness (QED) is 0.0147. The Morgan fingerprint density at radius 2 is 1.03 bits per heavy atom. The van der Waals surface area contributed by atoms with E-state index < -0.39 is 66.2 Å². The maximum atomic E-state index is 12.7. The topological polar surface area (TPSA) is 208 Å². The van der Waals surface area contributed by atoms with Gasteiger partial charge in [-0.15, -0.1) is 0 Å². The lowest BCUT2D eigenvalue weighted by atomic mass is 10.0. The van der Waals surface area contributed by atoms with Gasteiger partial charge in [0.2, 0.25) is 0 Å². The number of allylic oxidation sites excluding steroid dienone is 4. The first kappa shape index (κ1) is 62.3. The standard InChI is InChI=1S/C50H92O14P2/c1-4-5-6-7-8-19-23-26-31-36-47-48(64-47)37-32-28-29-34-39-50(53)63-46(43-62-66(57,58)61-41-45(51)40-60-65(54,55)56)42-59-49(52)38-33-27-24-21-18-16-14-12-10-9-11-13-15-17-20-22-25-30-35-44(2)3/h8,19,26,28,31-32,44-48,51H,4-7,9-18,20-25,27,29-30,33-43H2,1-3H3,(H,57,58)(H2,54,55,56)/b19-8-,31-26-,32-28-/t45-,46+,47?,48?/m0/s1. The van der Waals surface area contributed by atoms with E-state index in [0.717, 1.165) is 50.9 Å². The molecule has 0 aliphatic carbocycles. The van der Waals surface area contributed by atoms with Crippen molar-refractivity contribution in [2.24, 2.45) is 5.92 Å². The van der Waals surface area contributed by atoms with E-state index in [1.807, 2.05) is 12.2 Å². The number of hydrogen-bond acceptors (Lipinski definition) is 11. The molecule has 3 unspecified atom stereocenters. The maximum absolute atomic E-state index is 12.7. The number of unbranched alkanes of at least 4 members (excludes halogenated alkanes) is 21. The van der Waals surface area contributed by atoms with Gasteiger partial charge < -0.3 is 34.0 Å². The molecule has 0 bridgehead atoms. The molecule has 1 aliphatic heterocycles. The molecule has 0 spiro atoms. The van der Waals surface area contributed by atoms with Crippen molar-refractivity contribution in [3.63, 3.8) is 0 Å². The van der Waals surface area contributed by atoms with Gasteiger partial charge in [0.05, 0.1) is 32.0 Å². The molecule has 0 saturated carbocycles. The zero-order valence-electron chi connectivity index (χ0n) is 41.2. The Hall–Kier alpha value is -1.70. The highest BCUT2D eigenvalue weighted by Gasteiger charge is 2.36. The second-order valence-electron chi connectivity index (χ2n) is 18.3. The van der Waals surface area contributed by atoms with Crippen molar-refractivity contribution < 1.29 is 66.3 Å². The van der Waals surface area contributed by atoms with Crippen molar-refractivity contribution in [1.82, 2.24) is 0 Å². The predicted molar refractivity (Wildman–Crippen MR) is 262 cm³/mol. The fraction of sp³-hybridized carbons (Fsp3) is 0.840. The highest BCUT2D eigenvalue weighted by molar-refractivity contribution is 7.47. The fourth-order valence-corrected chi connectivity index (χ4v) is 8.49. The molecule has 66 heavy (non-hydrogen) atoms. The van der Waals surface area contributed by atoms with Gasteiger partial charge in [-0.05, 0) is 57.3 Å². The minimum atomic E-state index is -4.87. The number of aliphatic hydroxyl groups is 1. The maximum Gasteiger partial charge on any atom is 0.472 e. The van der Waals surface area contributed by atoms with Crippen molar-refractivity contribution >= 4 is 27.6 Å². The molecule has 4 N–H and O–H groups in total. The van der Waals surface area contributed by atoms with E-state index in [9.17, 15) is 28.7 Å². The molecule has 1 saturated heterocycles. The zero-order chi connectivity index (χ0) is 48.6. The molecule has 1 aliphatic rings. The van der Waals surface area contributed by atoms with Gasteiger partial charge in [-0.3, -0.25) is 23.2 Å². The molecule has 16 heteroatoms. The first-order valence-electron chi connectivity index (χ1n) is 25.7. The molecule has 0 radical (unpaired) electrons. The molecule has 0 aromatic heterocycles. The average molecular weight is 979 g/mol. The van der Waals surface area contributed by atoms with Crippen LogP contribution in [-0.4, -0.2) is 82.6 Å². The molecule has 0 amide bonds. The van der Waals surface area contributed by atoms with Gasteiger partial charge in [0.25, 0.3) is 0 Å². The Morgan fingerprint density at radius 1 is 0.561 bits per heavy atom. The normalized spacial score (nSPS) is 17.3. The van der Waals surface area contributed by atoms with E-state index in [0.29, 0.717) is 19.3 Å². The van der Waals surface area contributed by atoms with Crippen LogP contribution in [0, 0.1) is 5.92 Å². The summed E-state index contributed by atoms with van der Waals surface area (Å²) in [6.07, 6.45) is 43.1. The number of ether oxygens (including phenoxy) is 3. The molecule has 1 fully saturated rings. The van der Waals surface area contributed by atoms with Gasteiger partial charge in [-0.1, -0.05) is 186 Å². The summed E-state index contributed by atoms with van der Waals surface area (Å²) < 4.78 is 53.7. The number of aliphatic hydroxyl groups excluding tert-OH is 1. The third-order valence-electron chi connectivity index (χ3n) is 11.4. The van der Waals surface area contributed by atoms with Gasteiger partial charge in [-0.25, -0.2) is 9.13 Å². The third kappa shape index (κ3) is 42.4. The van der Waals surface area contributed by atoms with E-state index in [2.05, 4.69) is 49.6 Å². The average Bonchev–Trinajstić information content (AvgIpc) is 4.03. The molecular formula is C50H92O14P2. The lowest BCUT2D eigenvalue weighted by Gasteiger charge is -2.20. The molecule has 14 nitrogen and oxygen atoms in total. The van der Waals surface area contributed by atoms with E-state index in [4.69, 9.17) is 33.0 Å². The molecule has 5 atom stereocenters. The lowest BCUT2D eigenvalue weighted by Crippen LogP contribution is -2.29. The van der Waals surface area contributed by atoms with Crippen molar-refractivity contribution in [1.29, 1.82) is 0 Å². The summed E-state index contributed by atoms with van der Waals surface area (Å²) in [5.74, 6) is -0.264. The smallest absolute Gasteiger partial charge is 0.462 e. The van der Waals surface area contributed by atoms with E-state index in [1.165, 1.54) is 116 Å². The first-order valence-corrected chi connectivity index (χ1v) is 28.7. The summed E-state index contributed by atoms with van der Waals surface area (Å²) in [5.41, 5.74) is 0. The van der Waals surface area contributed by atoms with Crippen LogP contribution in [0.15, 0.2) is 36.5 Å². The first-order chi connectivity index (χ1) is 31.7. The van der Waals surface area contributed by atoms with Crippen LogP contribution < -0.4 is 0 Å². The summed E-state index contributed by atoms with van der Waals surface area (Å²) in [5, 5.41) is 9.78. The van der Waals surface area contributed by atoms with Crippen LogP contribution in [0.2, 0.25) is 0 Å². The number of hydrogen-bond donors (Lipinski definition) is 4. The number of esters is 2. The van der Waals surface area contributed by atoms with Gasteiger partial charge in [-0.2, -0.15) is 0 Å². The van der Waals surface area contributed by atoms with Gasteiger partial charge in [0.1, 0.15) is 12.7 Å². The second kappa shape index (κ2) is 41.1. The summed E-state index contributed by atoms with van der Waals surface area (Å²) in [6.45, 7) is 4.04. The summed E-state index contributed by atoms with van der Waals surface area (Å²) in [7, 11) is -9.71. The largest absolute Gasteiger partial charge is 0.472 e. The van der Waals surface area contributed by atoms with Crippen LogP contribution >= 0.6 is 15.6 Å². The number of carbonyl (C=O) groups excluding carboxylic acids is 2. The van der Waals surface area contributed by atoms with Crippen LogP contribution in [0.25, 0.3) is 0 Å². The highest BCUT2D eigenvalue weighted by Crippen LogP contribution is 2.44.